The average molecular weight is 526 g/mol. The lowest BCUT2D eigenvalue weighted by atomic mass is 9.89. The van der Waals surface area contributed by atoms with Gasteiger partial charge in [0.2, 0.25) is 5.91 Å². The Balaban J connectivity index is 1.79. The summed E-state index contributed by atoms with van der Waals surface area (Å²) in [5, 5.41) is 25.7. The molecule has 160 valence electrons. The van der Waals surface area contributed by atoms with Gasteiger partial charge in [0.1, 0.15) is 23.8 Å². The minimum Gasteiger partial charge on any atom is -0.482 e. The Kier molecular flexibility index (Phi) is 8.20. The lowest BCUT2D eigenvalue weighted by Crippen LogP contribution is -2.51. The summed E-state index contributed by atoms with van der Waals surface area (Å²) in [6.07, 6.45) is 0.158. The smallest absolute Gasteiger partial charge is 0.247 e. The number of benzene rings is 2. The van der Waals surface area contributed by atoms with Gasteiger partial charge in [-0.3, -0.25) is 4.79 Å². The van der Waals surface area contributed by atoms with Crippen molar-refractivity contribution >= 4 is 28.5 Å². The first-order chi connectivity index (χ1) is 14.5. The van der Waals surface area contributed by atoms with Crippen LogP contribution in [0.3, 0.4) is 0 Å². The van der Waals surface area contributed by atoms with Crippen molar-refractivity contribution in [1.29, 1.82) is 0 Å². The van der Waals surface area contributed by atoms with Crippen molar-refractivity contribution in [3.8, 4) is 5.75 Å². The Morgan fingerprint density at radius 2 is 1.93 bits per heavy atom. The first-order valence-corrected chi connectivity index (χ1v) is 10.7. The minimum absolute atomic E-state index is 0.133. The van der Waals surface area contributed by atoms with E-state index in [2.05, 4.69) is 33.2 Å². The number of para-hydroxylation sites is 1. The molecule has 0 heterocycles. The predicted molar refractivity (Wildman–Crippen MR) is 119 cm³/mol. The molecule has 1 aliphatic carbocycles. The van der Waals surface area contributed by atoms with Crippen LogP contribution in [0.15, 0.2) is 60.2 Å². The molecule has 30 heavy (non-hydrogen) atoms. The van der Waals surface area contributed by atoms with Gasteiger partial charge in [0.25, 0.3) is 0 Å². The van der Waals surface area contributed by atoms with E-state index in [1.165, 1.54) is 6.07 Å². The SMILES string of the molecule is O=C(NCCO)C1=C[C@H](Oc2ccccc2I)[C@@H](O)[C@H](NCc2ccccc2F)C1. The number of aliphatic hydroxyl groups is 2. The molecule has 0 saturated heterocycles. The Labute approximate surface area is 188 Å². The zero-order valence-electron chi connectivity index (χ0n) is 16.2. The van der Waals surface area contributed by atoms with Crippen LogP contribution in [0.5, 0.6) is 5.75 Å². The Morgan fingerprint density at radius 1 is 1.20 bits per heavy atom. The zero-order chi connectivity index (χ0) is 21.5. The van der Waals surface area contributed by atoms with Crippen LogP contribution in [0.4, 0.5) is 4.39 Å². The number of amides is 1. The molecule has 0 saturated carbocycles. The fourth-order valence-corrected chi connectivity index (χ4v) is 3.78. The highest BCUT2D eigenvalue weighted by Gasteiger charge is 2.35. The first-order valence-electron chi connectivity index (χ1n) is 9.65. The van der Waals surface area contributed by atoms with E-state index in [0.29, 0.717) is 16.9 Å². The van der Waals surface area contributed by atoms with Gasteiger partial charge < -0.3 is 25.6 Å². The minimum atomic E-state index is -0.942. The van der Waals surface area contributed by atoms with Gasteiger partial charge in [0.05, 0.1) is 10.2 Å². The zero-order valence-corrected chi connectivity index (χ0v) is 18.4. The summed E-state index contributed by atoms with van der Waals surface area (Å²) in [5.41, 5.74) is 0.913. The van der Waals surface area contributed by atoms with Crippen molar-refractivity contribution in [2.24, 2.45) is 0 Å². The molecule has 0 aliphatic heterocycles. The molecule has 3 rings (SSSR count). The van der Waals surface area contributed by atoms with Crippen molar-refractivity contribution < 1.29 is 24.1 Å². The summed E-state index contributed by atoms with van der Waals surface area (Å²) in [4.78, 5) is 12.5. The Bertz CT molecular complexity index is 908. The van der Waals surface area contributed by atoms with Crippen molar-refractivity contribution in [3.05, 3.63) is 75.1 Å². The van der Waals surface area contributed by atoms with E-state index >= 15 is 0 Å². The number of aliphatic hydroxyl groups excluding tert-OH is 2. The van der Waals surface area contributed by atoms with E-state index in [4.69, 9.17) is 9.84 Å². The number of halogens is 2. The Hall–Kier alpha value is -2.01. The number of ether oxygens (including phenoxy) is 1. The summed E-state index contributed by atoms with van der Waals surface area (Å²) in [5.74, 6) is -0.0633. The monoisotopic (exact) mass is 526 g/mol. The number of carbonyl (C=O) groups excluding carboxylic acids is 1. The second-order valence-corrected chi connectivity index (χ2v) is 8.12. The molecule has 0 radical (unpaired) electrons. The summed E-state index contributed by atoms with van der Waals surface area (Å²) < 4.78 is 20.9. The largest absolute Gasteiger partial charge is 0.482 e. The third-order valence-electron chi connectivity index (χ3n) is 4.86. The van der Waals surface area contributed by atoms with Gasteiger partial charge in [0.15, 0.2) is 0 Å². The molecule has 0 unspecified atom stereocenters. The number of hydrogen-bond donors (Lipinski definition) is 4. The van der Waals surface area contributed by atoms with Gasteiger partial charge in [-0.05, 0) is 53.3 Å². The summed E-state index contributed by atoms with van der Waals surface area (Å²) >= 11 is 2.14. The van der Waals surface area contributed by atoms with Crippen LogP contribution >= 0.6 is 22.6 Å². The van der Waals surface area contributed by atoms with E-state index in [9.17, 15) is 14.3 Å². The maximum Gasteiger partial charge on any atom is 0.247 e. The molecular weight excluding hydrogens is 502 g/mol. The number of carbonyl (C=O) groups is 1. The lowest BCUT2D eigenvalue weighted by Gasteiger charge is -2.34. The quantitative estimate of drug-likeness (QED) is 0.396. The van der Waals surface area contributed by atoms with E-state index in [1.807, 2.05) is 18.2 Å². The van der Waals surface area contributed by atoms with Gasteiger partial charge in [-0.1, -0.05) is 30.3 Å². The number of nitrogens with one attached hydrogen (secondary N) is 2. The third kappa shape index (κ3) is 5.78. The predicted octanol–water partition coefficient (Wildman–Crippen LogP) is 2.14. The van der Waals surface area contributed by atoms with E-state index in [0.717, 1.165) is 3.57 Å². The molecule has 6 nitrogen and oxygen atoms in total. The van der Waals surface area contributed by atoms with Crippen LogP contribution in [-0.2, 0) is 11.3 Å². The van der Waals surface area contributed by atoms with Gasteiger partial charge in [0, 0.05) is 30.3 Å². The second kappa shape index (κ2) is 10.9. The normalized spacial score (nSPS) is 21.1. The van der Waals surface area contributed by atoms with Crippen molar-refractivity contribution in [2.75, 3.05) is 13.2 Å². The summed E-state index contributed by atoms with van der Waals surface area (Å²) in [7, 11) is 0. The molecular formula is C22H24FIN2O4. The van der Waals surface area contributed by atoms with E-state index in [1.54, 1.807) is 30.3 Å². The molecule has 4 N–H and O–H groups in total. The first kappa shape index (κ1) is 22.7. The number of rotatable bonds is 8. The van der Waals surface area contributed by atoms with E-state index < -0.39 is 18.2 Å². The van der Waals surface area contributed by atoms with Crippen molar-refractivity contribution in [2.45, 2.75) is 31.2 Å². The standard InChI is InChI=1S/C22H24FIN2O4/c23-16-6-2-1-5-14(16)13-26-18-11-15(22(29)25-9-10-27)12-20(21(18)28)30-19-8-4-3-7-17(19)24/h1-8,12,18,20-21,26-28H,9-11,13H2,(H,25,29)/t18-,20+,21+/m1/s1. The molecule has 3 atom stereocenters. The van der Waals surface area contributed by atoms with Gasteiger partial charge in [-0.15, -0.1) is 0 Å². The highest BCUT2D eigenvalue weighted by Crippen LogP contribution is 2.27. The second-order valence-electron chi connectivity index (χ2n) is 6.96. The molecule has 2 aromatic rings. The van der Waals surface area contributed by atoms with Gasteiger partial charge in [-0.2, -0.15) is 0 Å². The van der Waals surface area contributed by atoms with Crippen LogP contribution in [0.2, 0.25) is 0 Å². The molecule has 0 bridgehead atoms. The molecule has 8 heteroatoms. The van der Waals surface area contributed by atoms with Crippen molar-refractivity contribution in [3.63, 3.8) is 0 Å². The van der Waals surface area contributed by atoms with E-state index in [-0.39, 0.29) is 37.8 Å². The summed E-state index contributed by atoms with van der Waals surface area (Å²) in [6, 6.07) is 13.3. The third-order valence-corrected chi connectivity index (χ3v) is 5.75. The molecule has 1 aliphatic rings. The number of hydrogen-bond acceptors (Lipinski definition) is 5. The maximum absolute atomic E-state index is 14.0. The molecule has 0 fully saturated rings. The molecule has 0 aromatic heterocycles. The van der Waals surface area contributed by atoms with Crippen LogP contribution < -0.4 is 15.4 Å². The van der Waals surface area contributed by atoms with Crippen LogP contribution in [-0.4, -0.2) is 47.5 Å². The topological polar surface area (TPSA) is 90.8 Å². The highest BCUT2D eigenvalue weighted by atomic mass is 127. The van der Waals surface area contributed by atoms with Crippen LogP contribution in [0, 0.1) is 9.39 Å². The van der Waals surface area contributed by atoms with Crippen LogP contribution in [0.25, 0.3) is 0 Å². The van der Waals surface area contributed by atoms with Gasteiger partial charge in [-0.25, -0.2) is 4.39 Å². The summed E-state index contributed by atoms with van der Waals surface area (Å²) in [6.45, 7) is 0.169. The fraction of sp³-hybridized carbons (Fsp3) is 0.318. The molecule has 2 aromatic carbocycles. The fourth-order valence-electron chi connectivity index (χ4n) is 3.27. The van der Waals surface area contributed by atoms with Crippen LogP contribution in [0.1, 0.15) is 12.0 Å². The Morgan fingerprint density at radius 3 is 2.67 bits per heavy atom. The van der Waals surface area contributed by atoms with Gasteiger partial charge >= 0.3 is 0 Å². The molecule has 0 spiro atoms. The molecule has 1 amide bonds. The highest BCUT2D eigenvalue weighted by molar-refractivity contribution is 14.1. The maximum atomic E-state index is 14.0. The lowest BCUT2D eigenvalue weighted by molar-refractivity contribution is -0.118. The van der Waals surface area contributed by atoms with Crippen molar-refractivity contribution in [1.82, 2.24) is 10.6 Å². The average Bonchev–Trinajstić information content (AvgIpc) is 2.75.